The van der Waals surface area contributed by atoms with Gasteiger partial charge in [0.05, 0.1) is 18.0 Å². The molecule has 2 atom stereocenters. The normalized spacial score (nSPS) is 25.5. The third-order valence-electron chi connectivity index (χ3n) is 5.45. The van der Waals surface area contributed by atoms with Gasteiger partial charge in [0, 0.05) is 25.8 Å². The van der Waals surface area contributed by atoms with E-state index in [2.05, 4.69) is 22.4 Å². The zero-order valence-electron chi connectivity index (χ0n) is 14.1. The maximum absolute atomic E-state index is 12.7. The van der Waals surface area contributed by atoms with Crippen LogP contribution in [0.4, 0.5) is 8.78 Å². The molecular formula is C18H20F2N4O2. The second-order valence-electron chi connectivity index (χ2n) is 6.96. The zero-order valence-corrected chi connectivity index (χ0v) is 14.1. The minimum Gasteiger partial charge on any atom is -0.389 e. The van der Waals surface area contributed by atoms with Gasteiger partial charge in [-0.2, -0.15) is 8.78 Å². The van der Waals surface area contributed by atoms with Crippen molar-refractivity contribution in [2.45, 2.75) is 37.6 Å². The fourth-order valence-corrected chi connectivity index (χ4v) is 3.86. The average molecular weight is 362 g/mol. The van der Waals surface area contributed by atoms with Gasteiger partial charge >= 0.3 is 6.55 Å². The highest BCUT2D eigenvalue weighted by Crippen LogP contribution is 2.32. The Morgan fingerprint density at radius 3 is 2.81 bits per heavy atom. The number of alkyl halides is 2. The Labute approximate surface area is 149 Å². The van der Waals surface area contributed by atoms with Crippen molar-refractivity contribution < 1.29 is 18.7 Å². The number of benzene rings is 1. The lowest BCUT2D eigenvalue weighted by atomic mass is 9.76. The van der Waals surface area contributed by atoms with Crippen molar-refractivity contribution in [1.82, 2.24) is 19.8 Å². The Morgan fingerprint density at radius 2 is 2.12 bits per heavy atom. The molecule has 1 spiro atoms. The summed E-state index contributed by atoms with van der Waals surface area (Å²) in [6.07, 6.45) is 2.53. The van der Waals surface area contributed by atoms with Crippen LogP contribution >= 0.6 is 0 Å². The summed E-state index contributed by atoms with van der Waals surface area (Å²) in [5, 5.41) is 14.2. The highest BCUT2D eigenvalue weighted by molar-refractivity contribution is 5.92. The standard InChI is InChI=1S/C18H20F2N4O2/c19-17(20)24-9-14(21-11-24)16(26)23-6-5-18(15(25)10-23)7-12-3-1-2-4-13(12)8-22-18/h1-4,9,11,15,17,22,25H,5-8,10H2/t15-,18+/m1/s1. The number of aliphatic hydroxyl groups is 1. The summed E-state index contributed by atoms with van der Waals surface area (Å²) >= 11 is 0. The monoisotopic (exact) mass is 362 g/mol. The van der Waals surface area contributed by atoms with Gasteiger partial charge < -0.3 is 15.3 Å². The Kier molecular flexibility index (Phi) is 4.24. The molecule has 2 aliphatic heterocycles. The molecule has 2 N–H and O–H groups in total. The molecule has 3 heterocycles. The molecule has 4 rings (SSSR count). The van der Waals surface area contributed by atoms with Crippen molar-refractivity contribution in [3.8, 4) is 0 Å². The molecule has 26 heavy (non-hydrogen) atoms. The number of imidazole rings is 1. The molecule has 6 nitrogen and oxygen atoms in total. The van der Waals surface area contributed by atoms with E-state index < -0.39 is 24.1 Å². The molecule has 8 heteroatoms. The first-order valence-electron chi connectivity index (χ1n) is 8.59. The summed E-state index contributed by atoms with van der Waals surface area (Å²) in [6, 6.07) is 8.12. The van der Waals surface area contributed by atoms with Crippen molar-refractivity contribution in [2.75, 3.05) is 13.1 Å². The number of likely N-dealkylation sites (tertiary alicyclic amines) is 1. The fraction of sp³-hybridized carbons (Fsp3) is 0.444. The lowest BCUT2D eigenvalue weighted by Gasteiger charge is -2.48. The topological polar surface area (TPSA) is 70.4 Å². The van der Waals surface area contributed by atoms with Crippen molar-refractivity contribution in [3.05, 3.63) is 53.6 Å². The molecular weight excluding hydrogens is 342 g/mol. The summed E-state index contributed by atoms with van der Waals surface area (Å²) < 4.78 is 25.9. The lowest BCUT2D eigenvalue weighted by molar-refractivity contribution is -0.0140. The maximum Gasteiger partial charge on any atom is 0.319 e. The van der Waals surface area contributed by atoms with Gasteiger partial charge in [-0.15, -0.1) is 0 Å². The first-order chi connectivity index (χ1) is 12.5. The fourth-order valence-electron chi connectivity index (χ4n) is 3.86. The highest BCUT2D eigenvalue weighted by Gasteiger charge is 2.45. The molecule has 1 amide bonds. The van der Waals surface area contributed by atoms with Crippen molar-refractivity contribution in [3.63, 3.8) is 0 Å². The molecule has 138 valence electrons. The predicted molar refractivity (Wildman–Crippen MR) is 89.7 cm³/mol. The molecule has 2 aliphatic rings. The van der Waals surface area contributed by atoms with Gasteiger partial charge in [-0.3, -0.25) is 9.36 Å². The number of halogens is 2. The number of aromatic nitrogens is 2. The number of nitrogens with zero attached hydrogens (tertiary/aromatic N) is 3. The van der Waals surface area contributed by atoms with Crippen molar-refractivity contribution in [2.24, 2.45) is 0 Å². The number of aliphatic hydroxyl groups excluding tert-OH is 1. The van der Waals surface area contributed by atoms with Crippen molar-refractivity contribution >= 4 is 5.91 Å². The minimum atomic E-state index is -2.73. The summed E-state index contributed by atoms with van der Waals surface area (Å²) in [7, 11) is 0. The van der Waals surface area contributed by atoms with E-state index in [1.54, 1.807) is 0 Å². The van der Waals surface area contributed by atoms with Crippen LogP contribution in [0.25, 0.3) is 0 Å². The number of nitrogens with one attached hydrogen (secondary N) is 1. The van der Waals surface area contributed by atoms with Crippen LogP contribution in [-0.2, 0) is 13.0 Å². The molecule has 0 unspecified atom stereocenters. The Balaban J connectivity index is 1.47. The van der Waals surface area contributed by atoms with E-state index in [9.17, 15) is 18.7 Å². The highest BCUT2D eigenvalue weighted by atomic mass is 19.3. The number of hydrogen-bond acceptors (Lipinski definition) is 4. The SMILES string of the molecule is O=C(c1cn(C(F)F)cn1)N1CC[C@]2(Cc3ccccc3CN2)[C@H](O)C1. The van der Waals surface area contributed by atoms with Crippen LogP contribution in [0.3, 0.4) is 0 Å². The number of fused-ring (bicyclic) bond motifs is 1. The number of rotatable bonds is 2. The van der Waals surface area contributed by atoms with Crippen LogP contribution in [0, 0.1) is 0 Å². The van der Waals surface area contributed by atoms with E-state index in [1.165, 1.54) is 16.0 Å². The number of piperidine rings is 1. The van der Waals surface area contributed by atoms with E-state index in [4.69, 9.17) is 0 Å². The molecule has 0 bridgehead atoms. The third kappa shape index (κ3) is 2.89. The number of β-amino-alcohol motifs (C(OH)–C–C–N with tert-alkyl or cyclic N) is 1. The van der Waals surface area contributed by atoms with Gasteiger partial charge in [0.15, 0.2) is 0 Å². The first kappa shape index (κ1) is 17.1. The second kappa shape index (κ2) is 6.44. The van der Waals surface area contributed by atoms with Crippen LogP contribution in [0.5, 0.6) is 0 Å². The molecule has 2 aromatic rings. The van der Waals surface area contributed by atoms with Crippen LogP contribution in [0.15, 0.2) is 36.8 Å². The van der Waals surface area contributed by atoms with Gasteiger partial charge in [0.2, 0.25) is 0 Å². The van der Waals surface area contributed by atoms with E-state index >= 15 is 0 Å². The van der Waals surface area contributed by atoms with Gasteiger partial charge in [0.25, 0.3) is 5.91 Å². The van der Waals surface area contributed by atoms with E-state index in [0.29, 0.717) is 30.5 Å². The summed E-state index contributed by atoms with van der Waals surface area (Å²) in [5.41, 5.74) is 1.94. The largest absolute Gasteiger partial charge is 0.389 e. The summed E-state index contributed by atoms with van der Waals surface area (Å²) in [5.74, 6) is -0.436. The maximum atomic E-state index is 12.7. The quantitative estimate of drug-likeness (QED) is 0.851. The Bertz CT molecular complexity index is 825. The van der Waals surface area contributed by atoms with Crippen LogP contribution < -0.4 is 5.32 Å². The minimum absolute atomic E-state index is 0.0320. The summed E-state index contributed by atoms with van der Waals surface area (Å²) in [6.45, 7) is -1.46. The third-order valence-corrected chi connectivity index (χ3v) is 5.45. The molecule has 0 saturated carbocycles. The molecule has 0 radical (unpaired) electrons. The Hall–Kier alpha value is -2.32. The zero-order chi connectivity index (χ0) is 18.3. The molecule has 1 aromatic carbocycles. The van der Waals surface area contributed by atoms with Gasteiger partial charge in [-0.25, -0.2) is 4.98 Å². The molecule has 1 fully saturated rings. The first-order valence-corrected chi connectivity index (χ1v) is 8.59. The van der Waals surface area contributed by atoms with E-state index in [1.807, 2.05) is 12.1 Å². The van der Waals surface area contributed by atoms with Gasteiger partial charge in [-0.05, 0) is 24.0 Å². The van der Waals surface area contributed by atoms with E-state index in [0.717, 1.165) is 12.5 Å². The number of carbonyl (C=O) groups is 1. The van der Waals surface area contributed by atoms with Gasteiger partial charge in [0.1, 0.15) is 5.69 Å². The van der Waals surface area contributed by atoms with Gasteiger partial charge in [-0.1, -0.05) is 24.3 Å². The van der Waals surface area contributed by atoms with Crippen LogP contribution in [0.1, 0.15) is 34.6 Å². The van der Waals surface area contributed by atoms with Crippen molar-refractivity contribution in [1.29, 1.82) is 0 Å². The Morgan fingerprint density at radius 1 is 1.35 bits per heavy atom. The lowest BCUT2D eigenvalue weighted by Crippen LogP contribution is -2.65. The summed E-state index contributed by atoms with van der Waals surface area (Å²) in [4.78, 5) is 17.8. The predicted octanol–water partition coefficient (Wildman–Crippen LogP) is 1.57. The van der Waals surface area contributed by atoms with Crippen LogP contribution in [-0.4, -0.2) is 50.2 Å². The number of carbonyl (C=O) groups excluding carboxylic acids is 1. The number of hydrogen-bond donors (Lipinski definition) is 2. The smallest absolute Gasteiger partial charge is 0.319 e. The molecule has 0 aliphatic carbocycles. The van der Waals surface area contributed by atoms with Crippen LogP contribution in [0.2, 0.25) is 0 Å². The molecule has 1 aromatic heterocycles. The molecule has 1 saturated heterocycles. The second-order valence-corrected chi connectivity index (χ2v) is 6.96. The number of amides is 1. The average Bonchev–Trinajstić information content (AvgIpc) is 3.14. The van der Waals surface area contributed by atoms with E-state index in [-0.39, 0.29) is 12.2 Å².